The van der Waals surface area contributed by atoms with Crippen molar-refractivity contribution in [2.24, 2.45) is 0 Å². The molecular weight excluding hydrogens is 509 g/mol. The highest BCUT2D eigenvalue weighted by atomic mass is 35.5. The Morgan fingerprint density at radius 2 is 1.89 bits per heavy atom. The lowest BCUT2D eigenvalue weighted by Crippen LogP contribution is -2.61. The van der Waals surface area contributed by atoms with Crippen LogP contribution in [0.5, 0.6) is 11.5 Å². The summed E-state index contributed by atoms with van der Waals surface area (Å²) in [4.78, 5) is 25.2. The highest BCUT2D eigenvalue weighted by Crippen LogP contribution is 2.29. The summed E-state index contributed by atoms with van der Waals surface area (Å²) in [7, 11) is -2.98. The maximum atomic E-state index is 14.7. The number of amides is 2. The summed E-state index contributed by atoms with van der Waals surface area (Å²) in [5, 5.41) is 9.58. The molecule has 1 atom stereocenters. The van der Waals surface area contributed by atoms with Crippen LogP contribution in [0.25, 0.3) is 0 Å². The number of ether oxygens (including phenoxy) is 3. The van der Waals surface area contributed by atoms with E-state index in [0.717, 1.165) is 27.4 Å². The lowest BCUT2D eigenvalue weighted by molar-refractivity contribution is -0.134. The molecule has 0 spiro atoms. The van der Waals surface area contributed by atoms with Crippen LogP contribution in [0.1, 0.15) is 0 Å². The molecule has 1 fully saturated rings. The van der Waals surface area contributed by atoms with Crippen LogP contribution in [0.3, 0.4) is 0 Å². The third-order valence-corrected chi connectivity index (χ3v) is 7.22. The summed E-state index contributed by atoms with van der Waals surface area (Å²) in [6, 6.07) is 7.68. The molecule has 0 aliphatic carbocycles. The van der Waals surface area contributed by atoms with Gasteiger partial charge >= 0.3 is 6.09 Å². The second-order valence-electron chi connectivity index (χ2n) is 7.31. The van der Waals surface area contributed by atoms with Crippen molar-refractivity contribution in [2.75, 3.05) is 40.0 Å². The van der Waals surface area contributed by atoms with Crippen LogP contribution in [0.2, 0.25) is 5.02 Å². The van der Waals surface area contributed by atoms with Gasteiger partial charge in [-0.25, -0.2) is 23.1 Å². The number of carbonyl (C=O) groups is 2. The zero-order chi connectivity index (χ0) is 25.6. The summed E-state index contributed by atoms with van der Waals surface area (Å²) in [6.07, 6.45) is -0.774. The predicted octanol–water partition coefficient (Wildman–Crippen LogP) is 2.23. The molecule has 11 nitrogen and oxygen atoms in total. The number of halogens is 2. The Hall–Kier alpha value is -2.97. The van der Waals surface area contributed by atoms with Crippen LogP contribution in [-0.2, 0) is 24.3 Å². The standard InChI is InChI=1S/C21H23ClFN3O8S/c1-32-10-11-33-21(28)25-8-9-26(18(13-25)20(27)24-29)35(30,31)16-6-7-19(17(23)12-16)34-15-4-2-14(22)3-5-15/h2-7,12,18,29H,8-11,13H2,1H3,(H,24,27)/t18-/m0/s1. The SMILES string of the molecule is COCCOC(=O)N1CCN(S(=O)(=O)c2ccc(Oc3ccc(Cl)cc3)c(F)c2)[C@H](C(=O)NO)C1. The highest BCUT2D eigenvalue weighted by molar-refractivity contribution is 7.89. The number of rotatable bonds is 8. The number of piperazine rings is 1. The molecule has 0 unspecified atom stereocenters. The van der Waals surface area contributed by atoms with Gasteiger partial charge in [0, 0.05) is 31.8 Å². The van der Waals surface area contributed by atoms with E-state index in [0.29, 0.717) is 5.02 Å². The normalized spacial score (nSPS) is 16.6. The topological polar surface area (TPSA) is 135 Å². The Kier molecular flexibility index (Phi) is 8.86. The summed E-state index contributed by atoms with van der Waals surface area (Å²) >= 11 is 5.81. The Bertz CT molecular complexity index is 1170. The molecule has 14 heteroatoms. The monoisotopic (exact) mass is 531 g/mol. The molecule has 1 heterocycles. The molecule has 190 valence electrons. The number of methoxy groups -OCH3 is 1. The minimum atomic E-state index is -4.40. The van der Waals surface area contributed by atoms with Crippen molar-refractivity contribution in [1.29, 1.82) is 0 Å². The summed E-state index contributed by atoms with van der Waals surface area (Å²) in [5.41, 5.74) is 1.40. The lowest BCUT2D eigenvalue weighted by Gasteiger charge is -2.38. The number of hydrogen-bond acceptors (Lipinski definition) is 8. The van der Waals surface area contributed by atoms with Crippen molar-refractivity contribution >= 4 is 33.6 Å². The number of sulfonamides is 1. The van der Waals surface area contributed by atoms with Crippen LogP contribution in [-0.4, -0.2) is 80.8 Å². The molecule has 0 bridgehead atoms. The van der Waals surface area contributed by atoms with Gasteiger partial charge in [-0.15, -0.1) is 0 Å². The van der Waals surface area contributed by atoms with Gasteiger partial charge in [-0.1, -0.05) is 11.6 Å². The minimum Gasteiger partial charge on any atom is -0.454 e. The molecule has 3 rings (SSSR count). The van der Waals surface area contributed by atoms with Crippen molar-refractivity contribution in [3.8, 4) is 11.5 Å². The molecule has 0 aromatic heterocycles. The molecule has 2 aromatic carbocycles. The fourth-order valence-corrected chi connectivity index (χ4v) is 5.01. The fourth-order valence-electron chi connectivity index (χ4n) is 3.30. The second kappa shape index (κ2) is 11.6. The van der Waals surface area contributed by atoms with Crippen molar-refractivity contribution in [3.05, 3.63) is 53.3 Å². The van der Waals surface area contributed by atoms with Gasteiger partial charge in [0.1, 0.15) is 18.4 Å². The van der Waals surface area contributed by atoms with Crippen molar-refractivity contribution in [1.82, 2.24) is 14.7 Å². The smallest absolute Gasteiger partial charge is 0.409 e. The molecule has 35 heavy (non-hydrogen) atoms. The molecule has 2 amide bonds. The third kappa shape index (κ3) is 6.38. The van der Waals surface area contributed by atoms with E-state index >= 15 is 0 Å². The van der Waals surface area contributed by atoms with Gasteiger partial charge in [0.25, 0.3) is 5.91 Å². The summed E-state index contributed by atoms with van der Waals surface area (Å²) in [5.74, 6) is -1.95. The maximum Gasteiger partial charge on any atom is 0.409 e. The molecule has 2 aromatic rings. The number of benzene rings is 2. The quantitative estimate of drug-likeness (QED) is 0.301. The fraction of sp³-hybridized carbons (Fsp3) is 0.333. The van der Waals surface area contributed by atoms with Gasteiger partial charge in [0.05, 0.1) is 11.5 Å². The van der Waals surface area contributed by atoms with Gasteiger partial charge in [0.2, 0.25) is 10.0 Å². The molecule has 1 saturated heterocycles. The van der Waals surface area contributed by atoms with E-state index in [2.05, 4.69) is 0 Å². The molecule has 0 radical (unpaired) electrons. The molecular formula is C21H23ClFN3O8S. The first kappa shape index (κ1) is 26.6. The van der Waals surface area contributed by atoms with Gasteiger partial charge in [-0.3, -0.25) is 10.0 Å². The average Bonchev–Trinajstić information content (AvgIpc) is 2.85. The molecule has 2 N–H and O–H groups in total. The van der Waals surface area contributed by atoms with Gasteiger partial charge < -0.3 is 19.1 Å². The number of hydroxylamine groups is 1. The van der Waals surface area contributed by atoms with E-state index in [1.165, 1.54) is 24.7 Å². The molecule has 1 aliphatic rings. The Labute approximate surface area is 205 Å². The third-order valence-electron chi connectivity index (χ3n) is 5.07. The maximum absolute atomic E-state index is 14.7. The van der Waals surface area contributed by atoms with E-state index in [-0.39, 0.29) is 37.8 Å². The molecule has 1 aliphatic heterocycles. The van der Waals surface area contributed by atoms with Crippen molar-refractivity contribution in [2.45, 2.75) is 10.9 Å². The zero-order valence-corrected chi connectivity index (χ0v) is 20.1. The lowest BCUT2D eigenvalue weighted by atomic mass is 10.2. The number of hydrogen-bond donors (Lipinski definition) is 2. The van der Waals surface area contributed by atoms with Crippen LogP contribution >= 0.6 is 11.6 Å². The Morgan fingerprint density at radius 3 is 2.51 bits per heavy atom. The van der Waals surface area contributed by atoms with E-state index in [1.54, 1.807) is 12.1 Å². The Morgan fingerprint density at radius 1 is 1.17 bits per heavy atom. The number of nitrogens with zero attached hydrogens (tertiary/aromatic N) is 2. The summed E-state index contributed by atoms with van der Waals surface area (Å²) < 4.78 is 57.2. The average molecular weight is 532 g/mol. The predicted molar refractivity (Wildman–Crippen MR) is 120 cm³/mol. The molecule has 0 saturated carbocycles. The second-order valence-corrected chi connectivity index (χ2v) is 9.64. The van der Waals surface area contributed by atoms with E-state index in [9.17, 15) is 22.4 Å². The van der Waals surface area contributed by atoms with Crippen molar-refractivity contribution < 1.29 is 41.8 Å². The Balaban J connectivity index is 1.80. The van der Waals surface area contributed by atoms with Crippen LogP contribution in [0.4, 0.5) is 9.18 Å². The van der Waals surface area contributed by atoms with Gasteiger partial charge in [-0.2, -0.15) is 4.31 Å². The summed E-state index contributed by atoms with van der Waals surface area (Å²) in [6.45, 7) is -0.666. The first-order valence-electron chi connectivity index (χ1n) is 10.3. The van der Waals surface area contributed by atoms with Gasteiger partial charge in [-0.05, 0) is 42.5 Å². The van der Waals surface area contributed by atoms with E-state index in [1.807, 2.05) is 0 Å². The van der Waals surface area contributed by atoms with Crippen molar-refractivity contribution in [3.63, 3.8) is 0 Å². The van der Waals surface area contributed by atoms with Crippen LogP contribution in [0.15, 0.2) is 47.4 Å². The number of carbonyl (C=O) groups excluding carboxylic acids is 2. The first-order valence-corrected chi connectivity index (χ1v) is 12.1. The zero-order valence-electron chi connectivity index (χ0n) is 18.5. The van der Waals surface area contributed by atoms with E-state index < -0.39 is 45.3 Å². The van der Waals surface area contributed by atoms with Crippen LogP contribution < -0.4 is 10.2 Å². The van der Waals surface area contributed by atoms with Gasteiger partial charge in [0.15, 0.2) is 11.6 Å². The minimum absolute atomic E-state index is 0.0333. The number of nitrogens with one attached hydrogen (secondary N) is 1. The van der Waals surface area contributed by atoms with Crippen LogP contribution in [0, 0.1) is 5.82 Å². The largest absolute Gasteiger partial charge is 0.454 e. The van der Waals surface area contributed by atoms with E-state index in [4.69, 9.17) is 31.0 Å². The first-order chi connectivity index (χ1) is 16.7. The highest BCUT2D eigenvalue weighted by Gasteiger charge is 2.42.